The molecule has 0 saturated carbocycles. The summed E-state index contributed by atoms with van der Waals surface area (Å²) >= 11 is 0. The predicted octanol–water partition coefficient (Wildman–Crippen LogP) is 4.56. The maximum atomic E-state index is 13.9. The molecular weight excluding hydrogens is 489 g/mol. The van der Waals surface area contributed by atoms with Crippen LogP contribution < -0.4 is 11.1 Å². The zero-order valence-electron chi connectivity index (χ0n) is 19.5. The molecule has 3 N–H and O–H groups in total. The quantitative estimate of drug-likeness (QED) is 0.408. The van der Waals surface area contributed by atoms with Gasteiger partial charge in [0, 0.05) is 31.5 Å². The Morgan fingerprint density at radius 3 is 2.57 bits per heavy atom. The Balaban J connectivity index is 0.00000481. The third kappa shape index (κ3) is 8.19. The molecule has 0 radical (unpaired) electrons. The highest BCUT2D eigenvalue weighted by Crippen LogP contribution is 2.19. The SMILES string of the molecule is C.CN(C(=O)CCc1cccc(F)c1F)[C@@H](CCC(N)=O)COC(=O)Nc1cc2cc(F)ccc2cn1. The summed E-state index contributed by atoms with van der Waals surface area (Å²) in [6, 6.07) is 8.65. The van der Waals surface area contributed by atoms with Crippen molar-refractivity contribution in [1.82, 2.24) is 9.88 Å². The fourth-order valence-electron chi connectivity index (χ4n) is 3.55. The molecule has 0 fully saturated rings. The van der Waals surface area contributed by atoms with Gasteiger partial charge >= 0.3 is 6.09 Å². The lowest BCUT2D eigenvalue weighted by Gasteiger charge is -2.28. The number of nitrogens with two attached hydrogens (primary N) is 1. The highest BCUT2D eigenvalue weighted by atomic mass is 19.2. The Labute approximate surface area is 212 Å². The number of aryl methyl sites for hydroxylation is 1. The van der Waals surface area contributed by atoms with Gasteiger partial charge in [-0.25, -0.2) is 22.9 Å². The summed E-state index contributed by atoms with van der Waals surface area (Å²) in [5.41, 5.74) is 5.28. The largest absolute Gasteiger partial charge is 0.447 e. The standard InChI is InChI=1S/C25H25F3N4O4.CH4/c1-32(23(34)10-6-15-3-2-4-20(27)24(15)28)19(8-9-21(29)33)14-36-25(35)31-22-12-17-11-18(26)7-5-16(17)13-30-22;/h2-5,7,11-13,19H,6,8-10,14H2,1H3,(H2,29,33)(H,30,31,35);1H4/t19-;/m0./s1. The van der Waals surface area contributed by atoms with Crippen LogP contribution in [0, 0.1) is 17.5 Å². The van der Waals surface area contributed by atoms with E-state index in [1.54, 1.807) is 6.07 Å². The number of amides is 3. The van der Waals surface area contributed by atoms with Crippen LogP contribution in [0.15, 0.2) is 48.7 Å². The number of pyridine rings is 1. The molecule has 3 rings (SSSR count). The van der Waals surface area contributed by atoms with E-state index in [2.05, 4.69) is 10.3 Å². The Hall–Kier alpha value is -4.15. The van der Waals surface area contributed by atoms with Crippen molar-refractivity contribution in [2.75, 3.05) is 19.0 Å². The van der Waals surface area contributed by atoms with Gasteiger partial charge in [0.05, 0.1) is 6.04 Å². The summed E-state index contributed by atoms with van der Waals surface area (Å²) in [5, 5.41) is 3.64. The minimum absolute atomic E-state index is 0. The van der Waals surface area contributed by atoms with E-state index < -0.39 is 41.4 Å². The highest BCUT2D eigenvalue weighted by molar-refractivity contribution is 5.89. The molecule has 3 aromatic rings. The van der Waals surface area contributed by atoms with E-state index in [4.69, 9.17) is 10.5 Å². The molecule has 2 aromatic carbocycles. The molecule has 0 spiro atoms. The lowest BCUT2D eigenvalue weighted by atomic mass is 10.1. The highest BCUT2D eigenvalue weighted by Gasteiger charge is 2.23. The Morgan fingerprint density at radius 1 is 1.08 bits per heavy atom. The van der Waals surface area contributed by atoms with Gasteiger partial charge in [0.25, 0.3) is 0 Å². The lowest BCUT2D eigenvalue weighted by Crippen LogP contribution is -2.41. The first-order valence-electron chi connectivity index (χ1n) is 11.1. The maximum Gasteiger partial charge on any atom is 0.412 e. The van der Waals surface area contributed by atoms with Crippen molar-refractivity contribution in [2.24, 2.45) is 5.73 Å². The zero-order chi connectivity index (χ0) is 26.2. The van der Waals surface area contributed by atoms with Crippen LogP contribution in [0.1, 0.15) is 32.3 Å². The van der Waals surface area contributed by atoms with Crippen molar-refractivity contribution < 1.29 is 32.3 Å². The van der Waals surface area contributed by atoms with Crippen LogP contribution in [0.4, 0.5) is 23.8 Å². The number of hydrogen-bond acceptors (Lipinski definition) is 5. The van der Waals surface area contributed by atoms with Crippen molar-refractivity contribution >= 4 is 34.5 Å². The first-order valence-corrected chi connectivity index (χ1v) is 11.1. The van der Waals surface area contributed by atoms with Crippen LogP contribution in [-0.2, 0) is 20.7 Å². The number of benzene rings is 2. The second-order valence-corrected chi connectivity index (χ2v) is 8.16. The van der Waals surface area contributed by atoms with Crippen molar-refractivity contribution in [3.8, 4) is 0 Å². The Bertz CT molecular complexity index is 1270. The van der Waals surface area contributed by atoms with Gasteiger partial charge in [0.1, 0.15) is 18.2 Å². The molecule has 1 heterocycles. The molecule has 11 heteroatoms. The van der Waals surface area contributed by atoms with Crippen LogP contribution in [0.3, 0.4) is 0 Å². The fraction of sp³-hybridized carbons (Fsp3) is 0.308. The third-order valence-electron chi connectivity index (χ3n) is 5.63. The summed E-state index contributed by atoms with van der Waals surface area (Å²) in [5.74, 6) is -3.34. The van der Waals surface area contributed by atoms with E-state index in [1.165, 1.54) is 48.5 Å². The maximum absolute atomic E-state index is 13.9. The van der Waals surface area contributed by atoms with Crippen LogP contribution in [0.2, 0.25) is 0 Å². The molecular formula is C26H29F3N4O4. The molecule has 0 unspecified atom stereocenters. The van der Waals surface area contributed by atoms with E-state index in [-0.39, 0.29) is 51.1 Å². The van der Waals surface area contributed by atoms with Crippen molar-refractivity contribution in [3.63, 3.8) is 0 Å². The number of fused-ring (bicyclic) bond motifs is 1. The van der Waals surface area contributed by atoms with Gasteiger partial charge in [0.2, 0.25) is 11.8 Å². The minimum atomic E-state index is -1.01. The van der Waals surface area contributed by atoms with Crippen LogP contribution in [-0.4, -0.2) is 47.5 Å². The Morgan fingerprint density at radius 2 is 1.84 bits per heavy atom. The number of carbonyl (C=O) groups is 3. The number of ether oxygens (including phenoxy) is 1. The van der Waals surface area contributed by atoms with Crippen LogP contribution in [0.5, 0.6) is 0 Å². The van der Waals surface area contributed by atoms with Crippen LogP contribution >= 0.6 is 0 Å². The topological polar surface area (TPSA) is 115 Å². The molecule has 0 aliphatic rings. The van der Waals surface area contributed by atoms with Gasteiger partial charge < -0.3 is 15.4 Å². The molecule has 0 aliphatic heterocycles. The number of halogens is 3. The second-order valence-electron chi connectivity index (χ2n) is 8.16. The summed E-state index contributed by atoms with van der Waals surface area (Å²) in [6.45, 7) is -0.266. The number of nitrogens with one attached hydrogen (secondary N) is 1. The van der Waals surface area contributed by atoms with E-state index in [9.17, 15) is 27.6 Å². The van der Waals surface area contributed by atoms with Crippen molar-refractivity contribution in [3.05, 3.63) is 71.7 Å². The number of rotatable bonds is 10. The van der Waals surface area contributed by atoms with E-state index in [0.717, 1.165) is 6.07 Å². The van der Waals surface area contributed by atoms with Gasteiger partial charge in [-0.2, -0.15) is 0 Å². The van der Waals surface area contributed by atoms with E-state index in [1.807, 2.05) is 0 Å². The number of carbonyl (C=O) groups excluding carboxylic acids is 3. The second kappa shape index (κ2) is 13.2. The molecule has 3 amide bonds. The molecule has 0 saturated heterocycles. The van der Waals surface area contributed by atoms with Gasteiger partial charge in [0.15, 0.2) is 11.6 Å². The number of aromatic nitrogens is 1. The molecule has 198 valence electrons. The predicted molar refractivity (Wildman–Crippen MR) is 133 cm³/mol. The van der Waals surface area contributed by atoms with Crippen molar-refractivity contribution in [2.45, 2.75) is 39.2 Å². The van der Waals surface area contributed by atoms with Crippen molar-refractivity contribution in [1.29, 1.82) is 0 Å². The molecule has 0 aliphatic carbocycles. The average Bonchev–Trinajstić information content (AvgIpc) is 2.84. The van der Waals surface area contributed by atoms with Crippen LogP contribution in [0.25, 0.3) is 10.8 Å². The zero-order valence-corrected chi connectivity index (χ0v) is 19.5. The van der Waals surface area contributed by atoms with Gasteiger partial charge in [-0.05, 0) is 54.1 Å². The first kappa shape index (κ1) is 29.1. The van der Waals surface area contributed by atoms with Gasteiger partial charge in [-0.3, -0.25) is 14.9 Å². The third-order valence-corrected chi connectivity index (χ3v) is 5.63. The normalized spacial score (nSPS) is 11.4. The Kier molecular flexibility index (Phi) is 10.4. The number of hydrogen-bond donors (Lipinski definition) is 2. The molecule has 8 nitrogen and oxygen atoms in total. The summed E-state index contributed by atoms with van der Waals surface area (Å²) in [4.78, 5) is 41.6. The number of nitrogens with zero attached hydrogens (tertiary/aromatic N) is 2. The molecule has 0 bridgehead atoms. The number of primary amides is 1. The first-order chi connectivity index (χ1) is 17.1. The summed E-state index contributed by atoms with van der Waals surface area (Å²) < 4.78 is 46.0. The van der Waals surface area contributed by atoms with E-state index in [0.29, 0.717) is 10.8 Å². The number of anilines is 1. The van der Waals surface area contributed by atoms with E-state index >= 15 is 0 Å². The van der Waals surface area contributed by atoms with Gasteiger partial charge in [-0.15, -0.1) is 0 Å². The summed E-state index contributed by atoms with van der Waals surface area (Å²) in [7, 11) is 1.45. The summed E-state index contributed by atoms with van der Waals surface area (Å²) in [6.07, 6.45) is 0.480. The van der Waals surface area contributed by atoms with Gasteiger partial charge in [-0.1, -0.05) is 19.6 Å². The molecule has 37 heavy (non-hydrogen) atoms. The number of likely N-dealkylation sites (N-methyl/N-ethyl adjacent to an activating group) is 1. The molecule has 1 aromatic heterocycles. The fourth-order valence-corrected chi connectivity index (χ4v) is 3.55. The molecule has 1 atom stereocenters. The lowest BCUT2D eigenvalue weighted by molar-refractivity contribution is -0.133. The smallest absolute Gasteiger partial charge is 0.412 e. The minimum Gasteiger partial charge on any atom is -0.447 e. The monoisotopic (exact) mass is 518 g/mol. The average molecular weight is 519 g/mol.